The molecule has 0 aliphatic carbocycles. The molecule has 15 heteroatoms. The standard InChI is InChI=1S/C48H82NO13P/c1-3-5-7-8-9-10-11-12-13-14-15-16-17-18-19-20-21-26-30-36-47(54)62-42(39-60-63(57,58)61-40-43(49)48(55)56)38-59-46(53)37-31-35-45(52)44(51)34-29-25-23-22-24-28-33-41(50)32-27-6-4-2/h6,12-13,22-25,27-29,33-34,41-45,50-52H,3-5,7-11,14-21,26,30-32,35-40,49H2,1-2H3,(H,55,56)(H,57,58)/b13-12-,24-22+,25-23-,27-6-,33-28+,34-29-/t41-,42-,43+,44+,45+/m1/s1. The van der Waals surface area contributed by atoms with E-state index < -0.39 is 76.0 Å². The van der Waals surface area contributed by atoms with Crippen molar-refractivity contribution in [3.8, 4) is 0 Å². The van der Waals surface area contributed by atoms with Gasteiger partial charge in [-0.05, 0) is 57.8 Å². The average Bonchev–Trinajstić information content (AvgIpc) is 3.25. The van der Waals surface area contributed by atoms with Crippen LogP contribution in [0.4, 0.5) is 0 Å². The lowest BCUT2D eigenvalue weighted by atomic mass is 10.1. The molecule has 0 radical (unpaired) electrons. The molecule has 362 valence electrons. The molecule has 0 amide bonds. The largest absolute Gasteiger partial charge is 0.480 e. The molecule has 0 aliphatic rings. The van der Waals surface area contributed by atoms with E-state index in [0.717, 1.165) is 38.5 Å². The van der Waals surface area contributed by atoms with Gasteiger partial charge < -0.3 is 40.5 Å². The lowest BCUT2D eigenvalue weighted by molar-refractivity contribution is -0.161. The molecule has 14 nitrogen and oxygen atoms in total. The molecule has 0 saturated heterocycles. The van der Waals surface area contributed by atoms with Crippen molar-refractivity contribution >= 4 is 25.7 Å². The minimum atomic E-state index is -4.81. The first-order valence-electron chi connectivity index (χ1n) is 23.3. The number of hydrogen-bond donors (Lipinski definition) is 6. The van der Waals surface area contributed by atoms with Gasteiger partial charge in [-0.25, -0.2) is 4.57 Å². The highest BCUT2D eigenvalue weighted by molar-refractivity contribution is 7.47. The number of nitrogens with two attached hydrogens (primary N) is 1. The number of carboxylic acid groups (broad SMARTS) is 1. The first-order chi connectivity index (χ1) is 30.3. The first-order valence-corrected chi connectivity index (χ1v) is 24.8. The van der Waals surface area contributed by atoms with Crippen molar-refractivity contribution in [2.24, 2.45) is 5.73 Å². The number of aliphatic hydroxyl groups excluding tert-OH is 3. The van der Waals surface area contributed by atoms with Crippen molar-refractivity contribution < 1.29 is 62.8 Å². The van der Waals surface area contributed by atoms with Crippen LogP contribution in [-0.4, -0.2) is 93.5 Å². The smallest absolute Gasteiger partial charge is 0.472 e. The van der Waals surface area contributed by atoms with Gasteiger partial charge in [-0.3, -0.25) is 23.4 Å². The monoisotopic (exact) mass is 912 g/mol. The quantitative estimate of drug-likeness (QED) is 0.0110. The fraction of sp³-hybridized carbons (Fsp3) is 0.688. The number of rotatable bonds is 42. The zero-order valence-corrected chi connectivity index (χ0v) is 39.1. The molecule has 7 N–H and O–H groups in total. The van der Waals surface area contributed by atoms with Crippen LogP contribution >= 0.6 is 7.82 Å². The summed E-state index contributed by atoms with van der Waals surface area (Å²) >= 11 is 0. The normalized spacial score (nSPS) is 15.8. The zero-order chi connectivity index (χ0) is 46.8. The maximum absolute atomic E-state index is 12.7. The SMILES string of the molecule is CC/C=C\C[C@@H](O)/C=C/C=C/C=C\C=C/[C@H](O)[C@@H](O)CCCC(=O)OC[C@H](COP(=O)(O)OC[C@H](N)C(=O)O)OC(=O)CCCCCCCCCCC/C=C\CCCCCCCC. The van der Waals surface area contributed by atoms with Gasteiger partial charge in [0.05, 0.1) is 31.5 Å². The molecule has 0 spiro atoms. The Balaban J connectivity index is 4.62. The summed E-state index contributed by atoms with van der Waals surface area (Å²) in [6.07, 6.45) is 39.1. The van der Waals surface area contributed by atoms with Gasteiger partial charge in [-0.15, -0.1) is 0 Å². The molecule has 0 aliphatic heterocycles. The Morgan fingerprint density at radius 1 is 0.619 bits per heavy atom. The number of aliphatic carboxylic acids is 1. The summed E-state index contributed by atoms with van der Waals surface area (Å²) in [6, 6.07) is -1.58. The molecule has 6 atom stereocenters. The predicted octanol–water partition coefficient (Wildman–Crippen LogP) is 9.42. The van der Waals surface area contributed by atoms with Crippen molar-refractivity contribution in [2.45, 2.75) is 192 Å². The second-order valence-corrected chi connectivity index (χ2v) is 17.2. The van der Waals surface area contributed by atoms with E-state index in [9.17, 15) is 39.2 Å². The molecule has 0 aromatic carbocycles. The number of carboxylic acids is 1. The van der Waals surface area contributed by atoms with Gasteiger partial charge in [0.15, 0.2) is 6.10 Å². The number of unbranched alkanes of at least 4 members (excludes halogenated alkanes) is 15. The van der Waals surface area contributed by atoms with E-state index in [4.69, 9.17) is 24.8 Å². The second-order valence-electron chi connectivity index (χ2n) is 15.7. The van der Waals surface area contributed by atoms with E-state index in [0.29, 0.717) is 12.8 Å². The maximum Gasteiger partial charge on any atom is 0.472 e. The number of phosphoric ester groups is 1. The number of aliphatic hydroxyl groups is 3. The number of ether oxygens (including phenoxy) is 2. The van der Waals surface area contributed by atoms with E-state index >= 15 is 0 Å². The highest BCUT2D eigenvalue weighted by atomic mass is 31.2. The lowest BCUT2D eigenvalue weighted by Crippen LogP contribution is -2.34. The minimum absolute atomic E-state index is 0.0765. The van der Waals surface area contributed by atoms with Crippen LogP contribution in [0.2, 0.25) is 0 Å². The molecule has 0 bridgehead atoms. The highest BCUT2D eigenvalue weighted by Gasteiger charge is 2.28. The number of allylic oxidation sites excluding steroid dienone is 9. The van der Waals surface area contributed by atoms with Gasteiger partial charge in [0.25, 0.3) is 0 Å². The van der Waals surface area contributed by atoms with Crippen LogP contribution in [0.3, 0.4) is 0 Å². The molecule has 0 rings (SSSR count). The Kier molecular flexibility index (Phi) is 39.4. The zero-order valence-electron chi connectivity index (χ0n) is 38.2. The average molecular weight is 912 g/mol. The van der Waals surface area contributed by atoms with Gasteiger partial charge in [0, 0.05) is 12.8 Å². The van der Waals surface area contributed by atoms with Crippen LogP contribution in [0.5, 0.6) is 0 Å². The van der Waals surface area contributed by atoms with Crippen LogP contribution in [0.1, 0.15) is 162 Å². The third-order valence-electron chi connectivity index (χ3n) is 9.78. The summed E-state index contributed by atoms with van der Waals surface area (Å²) in [5, 5.41) is 39.3. The summed E-state index contributed by atoms with van der Waals surface area (Å²) in [5.74, 6) is -2.76. The predicted molar refractivity (Wildman–Crippen MR) is 249 cm³/mol. The molecule has 0 aromatic heterocycles. The topological polar surface area (TPSA) is 232 Å². The van der Waals surface area contributed by atoms with Crippen LogP contribution in [0.15, 0.2) is 72.9 Å². The van der Waals surface area contributed by atoms with Crippen molar-refractivity contribution in [2.75, 3.05) is 19.8 Å². The summed E-state index contributed by atoms with van der Waals surface area (Å²) in [7, 11) is -4.81. The van der Waals surface area contributed by atoms with Crippen LogP contribution in [-0.2, 0) is 37.5 Å². The van der Waals surface area contributed by atoms with Gasteiger partial charge in [0.2, 0.25) is 0 Å². The Bertz CT molecular complexity index is 1400. The van der Waals surface area contributed by atoms with Gasteiger partial charge in [-0.1, -0.05) is 164 Å². The molecule has 0 saturated carbocycles. The molecular weight excluding hydrogens is 829 g/mol. The Labute approximate surface area is 378 Å². The summed E-state index contributed by atoms with van der Waals surface area (Å²) in [6.45, 7) is 2.26. The third-order valence-corrected chi connectivity index (χ3v) is 10.7. The molecule has 0 heterocycles. The Morgan fingerprint density at radius 2 is 1.14 bits per heavy atom. The molecular formula is C48H82NO13P. The second kappa shape index (κ2) is 41.5. The third kappa shape index (κ3) is 40.1. The van der Waals surface area contributed by atoms with E-state index in [2.05, 4.69) is 23.6 Å². The van der Waals surface area contributed by atoms with Crippen LogP contribution < -0.4 is 5.73 Å². The summed E-state index contributed by atoms with van der Waals surface area (Å²) in [5.41, 5.74) is 5.32. The lowest BCUT2D eigenvalue weighted by Gasteiger charge is -2.20. The van der Waals surface area contributed by atoms with Crippen LogP contribution in [0.25, 0.3) is 0 Å². The molecule has 63 heavy (non-hydrogen) atoms. The van der Waals surface area contributed by atoms with E-state index in [1.165, 1.54) is 76.7 Å². The number of phosphoric acid groups is 1. The maximum atomic E-state index is 12.7. The van der Waals surface area contributed by atoms with E-state index in [1.807, 2.05) is 19.1 Å². The molecule has 1 unspecified atom stereocenters. The number of esters is 2. The van der Waals surface area contributed by atoms with E-state index in [1.54, 1.807) is 42.5 Å². The number of hydrogen-bond acceptors (Lipinski definition) is 12. The first kappa shape index (κ1) is 59.8. The van der Waals surface area contributed by atoms with Crippen molar-refractivity contribution in [1.82, 2.24) is 0 Å². The van der Waals surface area contributed by atoms with Crippen LogP contribution in [0, 0.1) is 0 Å². The summed E-state index contributed by atoms with van der Waals surface area (Å²) in [4.78, 5) is 46.1. The van der Waals surface area contributed by atoms with E-state index in [-0.39, 0.29) is 25.7 Å². The fourth-order valence-corrected chi connectivity index (χ4v) is 6.77. The fourth-order valence-electron chi connectivity index (χ4n) is 5.99. The summed E-state index contributed by atoms with van der Waals surface area (Å²) < 4.78 is 32.5. The van der Waals surface area contributed by atoms with Gasteiger partial charge >= 0.3 is 25.7 Å². The highest BCUT2D eigenvalue weighted by Crippen LogP contribution is 2.43. The molecule has 0 fully saturated rings. The van der Waals surface area contributed by atoms with Crippen molar-refractivity contribution in [3.05, 3.63) is 72.9 Å². The van der Waals surface area contributed by atoms with Gasteiger partial charge in [0.1, 0.15) is 12.6 Å². The molecule has 0 aromatic rings. The number of carbonyl (C=O) groups is 3. The van der Waals surface area contributed by atoms with Crippen molar-refractivity contribution in [1.29, 1.82) is 0 Å². The van der Waals surface area contributed by atoms with Crippen molar-refractivity contribution in [3.63, 3.8) is 0 Å². The Morgan fingerprint density at radius 3 is 1.73 bits per heavy atom. The minimum Gasteiger partial charge on any atom is -0.480 e. The van der Waals surface area contributed by atoms with Gasteiger partial charge in [-0.2, -0.15) is 0 Å². The number of carbonyl (C=O) groups excluding carboxylic acids is 2. The Hall–Kier alpha value is -3.20.